The summed E-state index contributed by atoms with van der Waals surface area (Å²) in [4.78, 5) is 14.7. The van der Waals surface area contributed by atoms with Gasteiger partial charge in [-0.05, 0) is 43.0 Å². The summed E-state index contributed by atoms with van der Waals surface area (Å²) in [7, 11) is 3.24. The lowest BCUT2D eigenvalue weighted by molar-refractivity contribution is -0.130. The second-order valence-electron chi connectivity index (χ2n) is 5.90. The standard InChI is InChI=1S/C19H31NO3/c1-6-8-10-20(11-9-7-2)19(21)14-16-13-18(23-5)17(22-4)12-15(16)3/h12-13H,6-11,14H2,1-5H3. The van der Waals surface area contributed by atoms with Crippen molar-refractivity contribution in [1.82, 2.24) is 4.90 Å². The van der Waals surface area contributed by atoms with E-state index < -0.39 is 0 Å². The first-order chi connectivity index (χ1) is 11.1. The van der Waals surface area contributed by atoms with Gasteiger partial charge >= 0.3 is 0 Å². The molecule has 0 atom stereocenters. The third-order valence-electron chi connectivity index (χ3n) is 4.10. The Balaban J connectivity index is 2.88. The Labute approximate surface area is 140 Å². The molecule has 0 radical (unpaired) electrons. The van der Waals surface area contributed by atoms with Gasteiger partial charge in [0.05, 0.1) is 20.6 Å². The largest absolute Gasteiger partial charge is 0.493 e. The van der Waals surface area contributed by atoms with E-state index >= 15 is 0 Å². The summed E-state index contributed by atoms with van der Waals surface area (Å²) in [5, 5.41) is 0. The molecule has 0 saturated heterocycles. The van der Waals surface area contributed by atoms with Crippen LogP contribution in [0.3, 0.4) is 0 Å². The van der Waals surface area contributed by atoms with Gasteiger partial charge in [0.25, 0.3) is 0 Å². The molecule has 4 heteroatoms. The SMILES string of the molecule is CCCCN(CCCC)C(=O)Cc1cc(OC)c(OC)cc1C. The van der Waals surface area contributed by atoms with Crippen LogP contribution in [-0.4, -0.2) is 38.1 Å². The van der Waals surface area contributed by atoms with E-state index in [-0.39, 0.29) is 5.91 Å². The van der Waals surface area contributed by atoms with Crippen LogP contribution in [0, 0.1) is 6.92 Å². The van der Waals surface area contributed by atoms with Crippen LogP contribution in [-0.2, 0) is 11.2 Å². The minimum atomic E-state index is 0.196. The molecule has 0 fully saturated rings. The number of hydrogen-bond acceptors (Lipinski definition) is 3. The van der Waals surface area contributed by atoms with Crippen LogP contribution < -0.4 is 9.47 Å². The van der Waals surface area contributed by atoms with Crippen molar-refractivity contribution in [3.8, 4) is 11.5 Å². The van der Waals surface area contributed by atoms with E-state index in [1.54, 1.807) is 14.2 Å². The van der Waals surface area contributed by atoms with Crippen molar-refractivity contribution in [1.29, 1.82) is 0 Å². The van der Waals surface area contributed by atoms with Gasteiger partial charge in [0.1, 0.15) is 0 Å². The molecule has 0 aliphatic rings. The first kappa shape index (κ1) is 19.3. The predicted octanol–water partition coefficient (Wildman–Crippen LogP) is 3.98. The number of benzene rings is 1. The van der Waals surface area contributed by atoms with Crippen LogP contribution in [0.5, 0.6) is 11.5 Å². The minimum absolute atomic E-state index is 0.196. The van der Waals surface area contributed by atoms with Crippen LogP contribution in [0.1, 0.15) is 50.7 Å². The summed E-state index contributed by atoms with van der Waals surface area (Å²) in [6.45, 7) is 8.01. The molecular formula is C19H31NO3. The molecule has 130 valence electrons. The van der Waals surface area contributed by atoms with E-state index in [2.05, 4.69) is 13.8 Å². The van der Waals surface area contributed by atoms with Crippen molar-refractivity contribution in [2.45, 2.75) is 52.9 Å². The van der Waals surface area contributed by atoms with Gasteiger partial charge in [0.15, 0.2) is 11.5 Å². The van der Waals surface area contributed by atoms with Crippen molar-refractivity contribution in [3.63, 3.8) is 0 Å². The van der Waals surface area contributed by atoms with Crippen LogP contribution in [0.25, 0.3) is 0 Å². The number of rotatable bonds is 10. The molecule has 0 spiro atoms. The molecule has 0 aliphatic carbocycles. The van der Waals surface area contributed by atoms with E-state index in [1.165, 1.54) is 0 Å². The summed E-state index contributed by atoms with van der Waals surface area (Å²) in [5.74, 6) is 1.58. The van der Waals surface area contributed by atoms with Crippen molar-refractivity contribution >= 4 is 5.91 Å². The molecule has 0 unspecified atom stereocenters. The minimum Gasteiger partial charge on any atom is -0.493 e. The molecule has 0 heterocycles. The van der Waals surface area contributed by atoms with Crippen molar-refractivity contribution in [3.05, 3.63) is 23.3 Å². The summed E-state index contributed by atoms with van der Waals surface area (Å²) < 4.78 is 10.7. The molecule has 0 aromatic heterocycles. The number of nitrogens with zero attached hydrogens (tertiary/aromatic N) is 1. The highest BCUT2D eigenvalue weighted by Gasteiger charge is 2.16. The third kappa shape index (κ3) is 5.77. The highest BCUT2D eigenvalue weighted by atomic mass is 16.5. The van der Waals surface area contributed by atoms with Gasteiger partial charge in [-0.3, -0.25) is 4.79 Å². The zero-order valence-corrected chi connectivity index (χ0v) is 15.3. The lowest BCUT2D eigenvalue weighted by Gasteiger charge is -2.23. The smallest absolute Gasteiger partial charge is 0.227 e. The van der Waals surface area contributed by atoms with Gasteiger partial charge in [0, 0.05) is 13.1 Å². The summed E-state index contributed by atoms with van der Waals surface area (Å²) in [5.41, 5.74) is 2.06. The molecule has 23 heavy (non-hydrogen) atoms. The molecular weight excluding hydrogens is 290 g/mol. The third-order valence-corrected chi connectivity index (χ3v) is 4.10. The molecule has 1 aromatic rings. The maximum absolute atomic E-state index is 12.7. The second kappa shape index (κ2) is 10.1. The predicted molar refractivity (Wildman–Crippen MR) is 94.4 cm³/mol. The molecule has 4 nitrogen and oxygen atoms in total. The monoisotopic (exact) mass is 321 g/mol. The topological polar surface area (TPSA) is 38.8 Å². The quantitative estimate of drug-likeness (QED) is 0.654. The van der Waals surface area contributed by atoms with E-state index in [4.69, 9.17) is 9.47 Å². The summed E-state index contributed by atoms with van der Waals surface area (Å²) in [6.07, 6.45) is 4.73. The van der Waals surface area contributed by atoms with Crippen LogP contribution in [0.15, 0.2) is 12.1 Å². The lowest BCUT2D eigenvalue weighted by atomic mass is 10.0. The summed E-state index contributed by atoms with van der Waals surface area (Å²) >= 11 is 0. The number of unbranched alkanes of at least 4 members (excludes halogenated alkanes) is 2. The van der Waals surface area contributed by atoms with Crippen molar-refractivity contribution < 1.29 is 14.3 Å². The number of methoxy groups -OCH3 is 2. The number of aryl methyl sites for hydroxylation is 1. The zero-order valence-electron chi connectivity index (χ0n) is 15.3. The average Bonchev–Trinajstić information content (AvgIpc) is 2.56. The number of hydrogen-bond donors (Lipinski definition) is 0. The van der Waals surface area contributed by atoms with E-state index in [1.807, 2.05) is 24.0 Å². The Bertz CT molecular complexity index is 492. The van der Waals surface area contributed by atoms with Crippen LogP contribution in [0.2, 0.25) is 0 Å². The van der Waals surface area contributed by atoms with Gasteiger partial charge in [-0.25, -0.2) is 0 Å². The van der Waals surface area contributed by atoms with E-state index in [0.717, 1.165) is 49.9 Å². The lowest BCUT2D eigenvalue weighted by Crippen LogP contribution is -2.34. The normalized spacial score (nSPS) is 10.5. The van der Waals surface area contributed by atoms with Crippen molar-refractivity contribution in [2.75, 3.05) is 27.3 Å². The zero-order chi connectivity index (χ0) is 17.2. The highest BCUT2D eigenvalue weighted by Crippen LogP contribution is 2.30. The van der Waals surface area contributed by atoms with Gasteiger partial charge in [-0.15, -0.1) is 0 Å². The first-order valence-corrected chi connectivity index (χ1v) is 8.56. The first-order valence-electron chi connectivity index (χ1n) is 8.56. The van der Waals surface area contributed by atoms with Crippen LogP contribution in [0.4, 0.5) is 0 Å². The number of amides is 1. The summed E-state index contributed by atoms with van der Waals surface area (Å²) in [6, 6.07) is 3.85. The molecule has 0 saturated carbocycles. The Morgan fingerprint density at radius 1 is 1.00 bits per heavy atom. The molecule has 1 amide bonds. The Hall–Kier alpha value is -1.71. The Morgan fingerprint density at radius 3 is 2.00 bits per heavy atom. The fourth-order valence-corrected chi connectivity index (χ4v) is 2.55. The second-order valence-corrected chi connectivity index (χ2v) is 5.90. The molecule has 0 bridgehead atoms. The van der Waals surface area contributed by atoms with Gasteiger partial charge in [-0.2, -0.15) is 0 Å². The van der Waals surface area contributed by atoms with Crippen molar-refractivity contribution in [2.24, 2.45) is 0 Å². The van der Waals surface area contributed by atoms with E-state index in [9.17, 15) is 4.79 Å². The van der Waals surface area contributed by atoms with Gasteiger partial charge in [0.2, 0.25) is 5.91 Å². The maximum atomic E-state index is 12.7. The fourth-order valence-electron chi connectivity index (χ4n) is 2.55. The van der Waals surface area contributed by atoms with Gasteiger partial charge in [-0.1, -0.05) is 26.7 Å². The molecule has 0 N–H and O–H groups in total. The number of carbonyl (C=O) groups is 1. The maximum Gasteiger partial charge on any atom is 0.227 e. The molecule has 0 aliphatic heterocycles. The van der Waals surface area contributed by atoms with Crippen LogP contribution >= 0.6 is 0 Å². The average molecular weight is 321 g/mol. The fraction of sp³-hybridized carbons (Fsp3) is 0.632. The van der Waals surface area contributed by atoms with E-state index in [0.29, 0.717) is 17.9 Å². The van der Waals surface area contributed by atoms with Gasteiger partial charge < -0.3 is 14.4 Å². The number of carbonyl (C=O) groups excluding carboxylic acids is 1. The Morgan fingerprint density at radius 2 is 1.52 bits per heavy atom. The Kier molecular flexibility index (Phi) is 8.52. The highest BCUT2D eigenvalue weighted by molar-refractivity contribution is 5.79. The molecule has 1 rings (SSSR count). The molecule has 1 aromatic carbocycles. The number of ether oxygens (including phenoxy) is 2.